The van der Waals surface area contributed by atoms with E-state index in [-0.39, 0.29) is 12.6 Å². The fourth-order valence-corrected chi connectivity index (χ4v) is 1.64. The third kappa shape index (κ3) is 1.63. The summed E-state index contributed by atoms with van der Waals surface area (Å²) in [5.41, 5.74) is 6.96. The van der Waals surface area contributed by atoms with Gasteiger partial charge in [-0.25, -0.2) is 15.0 Å². The maximum Gasteiger partial charge on any atom is 0.182 e. The van der Waals surface area contributed by atoms with Crippen molar-refractivity contribution in [1.82, 2.24) is 19.5 Å². The number of nitrogens with zero attached hydrogens (tertiary/aromatic N) is 4. The van der Waals surface area contributed by atoms with Gasteiger partial charge in [0.25, 0.3) is 0 Å². The van der Waals surface area contributed by atoms with Crippen LogP contribution in [0.4, 0.5) is 5.82 Å². The minimum atomic E-state index is -0.129. The van der Waals surface area contributed by atoms with Crippen LogP contribution in [0.1, 0.15) is 12.5 Å². The summed E-state index contributed by atoms with van der Waals surface area (Å²) >= 11 is 0. The Bertz CT molecular complexity index is 507. The van der Waals surface area contributed by atoms with E-state index in [9.17, 15) is 5.11 Å². The van der Waals surface area contributed by atoms with E-state index in [0.29, 0.717) is 23.4 Å². The van der Waals surface area contributed by atoms with E-state index < -0.39 is 0 Å². The number of allylic oxidation sites excluding steroid dienone is 1. The Morgan fingerprint density at radius 2 is 2.31 bits per heavy atom. The zero-order valence-corrected chi connectivity index (χ0v) is 8.74. The lowest BCUT2D eigenvalue weighted by Gasteiger charge is -2.14. The minimum Gasteiger partial charge on any atom is -0.394 e. The summed E-state index contributed by atoms with van der Waals surface area (Å²) in [5, 5.41) is 9.30. The van der Waals surface area contributed by atoms with Gasteiger partial charge in [-0.3, -0.25) is 0 Å². The first-order chi connectivity index (χ1) is 7.77. The van der Waals surface area contributed by atoms with Gasteiger partial charge in [-0.15, -0.1) is 6.58 Å². The van der Waals surface area contributed by atoms with E-state index in [2.05, 4.69) is 21.5 Å². The number of anilines is 1. The first-order valence-electron chi connectivity index (χ1n) is 4.92. The van der Waals surface area contributed by atoms with E-state index in [4.69, 9.17) is 5.73 Å². The zero-order valence-electron chi connectivity index (χ0n) is 8.74. The molecule has 2 rings (SSSR count). The highest BCUT2D eigenvalue weighted by molar-refractivity contribution is 5.81. The second kappa shape index (κ2) is 4.28. The minimum absolute atomic E-state index is 0.00812. The summed E-state index contributed by atoms with van der Waals surface area (Å²) in [6.45, 7) is 3.65. The molecule has 1 unspecified atom stereocenters. The van der Waals surface area contributed by atoms with Gasteiger partial charge in [0.05, 0.1) is 19.0 Å². The molecule has 16 heavy (non-hydrogen) atoms. The molecule has 0 saturated carbocycles. The van der Waals surface area contributed by atoms with Crippen molar-refractivity contribution < 1.29 is 5.11 Å². The largest absolute Gasteiger partial charge is 0.394 e. The number of fused-ring (bicyclic) bond motifs is 1. The van der Waals surface area contributed by atoms with E-state index in [1.165, 1.54) is 6.33 Å². The van der Waals surface area contributed by atoms with Gasteiger partial charge in [0.1, 0.15) is 11.8 Å². The average Bonchev–Trinajstić information content (AvgIpc) is 2.71. The first-order valence-corrected chi connectivity index (χ1v) is 4.92. The summed E-state index contributed by atoms with van der Waals surface area (Å²) in [6, 6.07) is -0.129. The molecule has 0 spiro atoms. The second-order valence-electron chi connectivity index (χ2n) is 3.44. The van der Waals surface area contributed by atoms with Gasteiger partial charge in [-0.1, -0.05) is 6.08 Å². The van der Waals surface area contributed by atoms with Gasteiger partial charge in [0, 0.05) is 0 Å². The van der Waals surface area contributed by atoms with Crippen molar-refractivity contribution in [1.29, 1.82) is 0 Å². The maximum atomic E-state index is 9.30. The van der Waals surface area contributed by atoms with Gasteiger partial charge < -0.3 is 15.4 Å². The quantitative estimate of drug-likeness (QED) is 0.731. The highest BCUT2D eigenvalue weighted by atomic mass is 16.3. The lowest BCUT2D eigenvalue weighted by Crippen LogP contribution is -2.12. The Hall–Kier alpha value is -1.95. The van der Waals surface area contributed by atoms with Crippen LogP contribution in [0.5, 0.6) is 0 Å². The van der Waals surface area contributed by atoms with Gasteiger partial charge in [-0.05, 0) is 6.42 Å². The predicted molar refractivity (Wildman–Crippen MR) is 60.7 cm³/mol. The lowest BCUT2D eigenvalue weighted by molar-refractivity contribution is 0.232. The Kier molecular flexibility index (Phi) is 2.82. The molecule has 6 nitrogen and oxygen atoms in total. The number of rotatable bonds is 4. The molecular weight excluding hydrogens is 206 g/mol. The molecule has 84 valence electrons. The number of aliphatic hydroxyl groups is 1. The number of hydrogen-bond acceptors (Lipinski definition) is 5. The molecule has 0 radical (unpaired) electrons. The van der Waals surface area contributed by atoms with E-state index >= 15 is 0 Å². The maximum absolute atomic E-state index is 9.30. The van der Waals surface area contributed by atoms with Crippen LogP contribution in [0.15, 0.2) is 25.3 Å². The molecule has 3 N–H and O–H groups in total. The monoisotopic (exact) mass is 219 g/mol. The molecular formula is C10H13N5O. The molecule has 0 fully saturated rings. The van der Waals surface area contributed by atoms with Crippen LogP contribution in [-0.4, -0.2) is 31.2 Å². The van der Waals surface area contributed by atoms with Crippen molar-refractivity contribution in [2.45, 2.75) is 12.5 Å². The highest BCUT2D eigenvalue weighted by Crippen LogP contribution is 2.21. The molecule has 0 aliphatic heterocycles. The summed E-state index contributed by atoms with van der Waals surface area (Å²) in [7, 11) is 0. The van der Waals surface area contributed by atoms with Crippen molar-refractivity contribution in [2.24, 2.45) is 0 Å². The summed E-state index contributed by atoms with van der Waals surface area (Å²) in [4.78, 5) is 12.0. The van der Waals surface area contributed by atoms with Crippen molar-refractivity contribution in [3.63, 3.8) is 0 Å². The van der Waals surface area contributed by atoms with E-state index in [0.717, 1.165) is 0 Å². The fraction of sp³-hybridized carbons (Fsp3) is 0.300. The first kappa shape index (κ1) is 10.6. The molecule has 0 aliphatic rings. The smallest absolute Gasteiger partial charge is 0.182 e. The molecule has 1 atom stereocenters. The predicted octanol–water partition coefficient (Wildman–Crippen LogP) is 0.518. The highest BCUT2D eigenvalue weighted by Gasteiger charge is 2.14. The van der Waals surface area contributed by atoms with Crippen LogP contribution >= 0.6 is 0 Å². The molecule has 0 saturated heterocycles. The third-order valence-corrected chi connectivity index (χ3v) is 2.44. The number of imidazole rings is 1. The molecule has 2 heterocycles. The Labute approximate surface area is 92.5 Å². The number of nitrogens with two attached hydrogens (primary N) is 1. The summed E-state index contributed by atoms with van der Waals surface area (Å²) in [5.74, 6) is 0.366. The normalized spacial score (nSPS) is 12.8. The number of hydrogen-bond donors (Lipinski definition) is 2. The Morgan fingerprint density at radius 3 is 3.00 bits per heavy atom. The van der Waals surface area contributed by atoms with Crippen LogP contribution in [0.3, 0.4) is 0 Å². The SMILES string of the molecule is C=CCC(CO)n1cnc2ncnc(N)c21. The molecule has 0 amide bonds. The molecule has 6 heteroatoms. The Balaban J connectivity index is 2.55. The molecule has 0 aromatic carbocycles. The van der Waals surface area contributed by atoms with Gasteiger partial charge in [0.2, 0.25) is 0 Å². The number of nitrogen functional groups attached to an aromatic ring is 1. The molecule has 2 aromatic rings. The van der Waals surface area contributed by atoms with Gasteiger partial charge in [0.15, 0.2) is 11.5 Å². The van der Waals surface area contributed by atoms with Crippen LogP contribution in [0.2, 0.25) is 0 Å². The number of aromatic nitrogens is 4. The fourth-order valence-electron chi connectivity index (χ4n) is 1.64. The lowest BCUT2D eigenvalue weighted by atomic mass is 10.2. The average molecular weight is 219 g/mol. The molecule has 2 aromatic heterocycles. The van der Waals surface area contributed by atoms with E-state index in [1.54, 1.807) is 17.0 Å². The van der Waals surface area contributed by atoms with E-state index in [1.807, 2.05) is 0 Å². The summed E-state index contributed by atoms with van der Waals surface area (Å²) in [6.07, 6.45) is 5.36. The molecule has 0 aliphatic carbocycles. The van der Waals surface area contributed by atoms with Crippen molar-refractivity contribution in [3.05, 3.63) is 25.3 Å². The van der Waals surface area contributed by atoms with Crippen LogP contribution in [0, 0.1) is 0 Å². The summed E-state index contributed by atoms with van der Waals surface area (Å²) < 4.78 is 1.78. The second-order valence-corrected chi connectivity index (χ2v) is 3.44. The molecule has 0 bridgehead atoms. The Morgan fingerprint density at radius 1 is 1.50 bits per heavy atom. The standard InChI is InChI=1S/C10H13N5O/c1-2-3-7(4-16)15-6-14-10-8(15)9(11)12-5-13-10/h2,5-7,16H,1,3-4H2,(H2,11,12,13). The van der Waals surface area contributed by atoms with Crippen LogP contribution in [-0.2, 0) is 0 Å². The van der Waals surface area contributed by atoms with Crippen LogP contribution in [0.25, 0.3) is 11.2 Å². The van der Waals surface area contributed by atoms with Gasteiger partial charge in [-0.2, -0.15) is 0 Å². The van der Waals surface area contributed by atoms with Crippen LogP contribution < -0.4 is 5.73 Å². The van der Waals surface area contributed by atoms with Gasteiger partial charge >= 0.3 is 0 Å². The zero-order chi connectivity index (χ0) is 11.5. The van der Waals surface area contributed by atoms with Crippen molar-refractivity contribution >= 4 is 17.0 Å². The van der Waals surface area contributed by atoms with Crippen molar-refractivity contribution in [3.8, 4) is 0 Å². The topological polar surface area (TPSA) is 89.8 Å². The third-order valence-electron chi connectivity index (χ3n) is 2.44. The number of aliphatic hydroxyl groups excluding tert-OH is 1. The van der Waals surface area contributed by atoms with Crippen molar-refractivity contribution in [2.75, 3.05) is 12.3 Å².